The zero-order chi connectivity index (χ0) is 22.3. The molecule has 0 spiro atoms. The molecule has 0 amide bonds. The van der Waals surface area contributed by atoms with Gasteiger partial charge in [-0.05, 0) is 57.4 Å². The first kappa shape index (κ1) is 23.6. The van der Waals surface area contributed by atoms with Gasteiger partial charge in [0, 0.05) is 0 Å². The van der Waals surface area contributed by atoms with Crippen molar-refractivity contribution in [2.24, 2.45) is 15.8 Å². The van der Waals surface area contributed by atoms with Gasteiger partial charge in [-0.15, -0.1) is 0 Å². The van der Waals surface area contributed by atoms with Crippen LogP contribution in [0, 0.1) is 10.8 Å². The highest BCUT2D eigenvalue weighted by Crippen LogP contribution is 2.42. The number of benzene rings is 1. The Morgan fingerprint density at radius 2 is 1.34 bits per heavy atom. The number of hydrogen-bond donors (Lipinski definition) is 1. The SMILES string of the molecule is CC1=C(C(C)(C)C)C=C(C(C)(C)C)C(O)C1=Nc1c(C(C)C)cccc1C(C)C. The summed E-state index contributed by atoms with van der Waals surface area (Å²) in [5, 5.41) is 11.4. The van der Waals surface area contributed by atoms with E-state index in [4.69, 9.17) is 4.99 Å². The Morgan fingerprint density at radius 1 is 0.862 bits per heavy atom. The minimum Gasteiger partial charge on any atom is -0.382 e. The minimum atomic E-state index is -0.679. The molecule has 1 aliphatic rings. The number of aliphatic imine (C=N–C) groups is 1. The quantitative estimate of drug-likeness (QED) is 0.558. The van der Waals surface area contributed by atoms with Crippen molar-refractivity contribution in [2.45, 2.75) is 94.1 Å². The van der Waals surface area contributed by atoms with E-state index >= 15 is 0 Å². The normalized spacial score (nSPS) is 20.1. The summed E-state index contributed by atoms with van der Waals surface area (Å²) >= 11 is 0. The smallest absolute Gasteiger partial charge is 0.118 e. The minimum absolute atomic E-state index is 0.0140. The summed E-state index contributed by atoms with van der Waals surface area (Å²) < 4.78 is 0. The highest BCUT2D eigenvalue weighted by atomic mass is 16.3. The molecule has 1 aliphatic carbocycles. The summed E-state index contributed by atoms with van der Waals surface area (Å²) in [5.74, 6) is 0.746. The molecule has 1 unspecified atom stereocenters. The summed E-state index contributed by atoms with van der Waals surface area (Å²) in [5.41, 5.74) is 7.59. The summed E-state index contributed by atoms with van der Waals surface area (Å²) in [4.78, 5) is 5.22. The van der Waals surface area contributed by atoms with Gasteiger partial charge >= 0.3 is 0 Å². The Labute approximate surface area is 178 Å². The van der Waals surface area contributed by atoms with E-state index in [1.165, 1.54) is 16.7 Å². The lowest BCUT2D eigenvalue weighted by Crippen LogP contribution is -2.35. The van der Waals surface area contributed by atoms with Crippen LogP contribution in [0.4, 0.5) is 5.69 Å². The van der Waals surface area contributed by atoms with E-state index in [2.05, 4.69) is 100 Å². The van der Waals surface area contributed by atoms with Gasteiger partial charge in [-0.1, -0.05) is 93.5 Å². The molecule has 0 saturated carbocycles. The number of rotatable bonds is 3. The van der Waals surface area contributed by atoms with Crippen molar-refractivity contribution in [1.29, 1.82) is 0 Å². The average Bonchev–Trinajstić information content (AvgIpc) is 2.55. The summed E-state index contributed by atoms with van der Waals surface area (Å²) in [7, 11) is 0. The molecule has 160 valence electrons. The number of para-hydroxylation sites is 1. The van der Waals surface area contributed by atoms with Crippen molar-refractivity contribution in [3.8, 4) is 0 Å². The van der Waals surface area contributed by atoms with E-state index in [1.807, 2.05) is 0 Å². The number of nitrogens with zero attached hydrogens (tertiary/aromatic N) is 1. The van der Waals surface area contributed by atoms with E-state index in [-0.39, 0.29) is 10.8 Å². The van der Waals surface area contributed by atoms with Crippen molar-refractivity contribution in [2.75, 3.05) is 0 Å². The van der Waals surface area contributed by atoms with E-state index in [1.54, 1.807) is 0 Å². The van der Waals surface area contributed by atoms with Crippen LogP contribution in [-0.4, -0.2) is 16.9 Å². The Hall–Kier alpha value is -1.67. The van der Waals surface area contributed by atoms with Gasteiger partial charge in [-0.2, -0.15) is 0 Å². The van der Waals surface area contributed by atoms with Gasteiger partial charge < -0.3 is 5.11 Å². The highest BCUT2D eigenvalue weighted by molar-refractivity contribution is 6.08. The molecule has 0 saturated heterocycles. The van der Waals surface area contributed by atoms with Gasteiger partial charge in [0.15, 0.2) is 0 Å². The van der Waals surface area contributed by atoms with E-state index in [0.717, 1.165) is 22.5 Å². The van der Waals surface area contributed by atoms with Crippen LogP contribution in [0.15, 0.2) is 46.0 Å². The van der Waals surface area contributed by atoms with Crippen molar-refractivity contribution < 1.29 is 5.11 Å². The van der Waals surface area contributed by atoms with Crippen LogP contribution in [0.25, 0.3) is 0 Å². The maximum absolute atomic E-state index is 11.4. The highest BCUT2D eigenvalue weighted by Gasteiger charge is 2.35. The zero-order valence-electron chi connectivity index (χ0n) is 20.4. The van der Waals surface area contributed by atoms with E-state index in [0.29, 0.717) is 11.8 Å². The van der Waals surface area contributed by atoms with Gasteiger partial charge in [0.05, 0.1) is 11.4 Å². The fourth-order valence-corrected chi connectivity index (χ4v) is 4.15. The second-order valence-corrected chi connectivity index (χ2v) is 11.1. The van der Waals surface area contributed by atoms with Crippen LogP contribution in [0.1, 0.15) is 99.1 Å². The molecule has 1 aromatic carbocycles. The van der Waals surface area contributed by atoms with Crippen molar-refractivity contribution in [3.05, 3.63) is 52.1 Å². The maximum Gasteiger partial charge on any atom is 0.118 e. The van der Waals surface area contributed by atoms with Gasteiger partial charge in [0.1, 0.15) is 6.10 Å². The molecule has 1 atom stereocenters. The Kier molecular flexibility index (Phi) is 6.69. The number of hydrogen-bond acceptors (Lipinski definition) is 2. The molecule has 2 heteroatoms. The second kappa shape index (κ2) is 8.22. The predicted molar refractivity (Wildman–Crippen MR) is 127 cm³/mol. The zero-order valence-corrected chi connectivity index (χ0v) is 20.4. The lowest BCUT2D eigenvalue weighted by molar-refractivity contribution is 0.243. The van der Waals surface area contributed by atoms with Crippen LogP contribution in [-0.2, 0) is 0 Å². The Balaban J connectivity index is 2.85. The lowest BCUT2D eigenvalue weighted by Gasteiger charge is -2.36. The first-order valence-electron chi connectivity index (χ1n) is 11.0. The maximum atomic E-state index is 11.4. The fraction of sp³-hybridized carbons (Fsp3) is 0.593. The molecule has 1 aromatic rings. The van der Waals surface area contributed by atoms with Crippen molar-refractivity contribution in [3.63, 3.8) is 0 Å². The summed E-state index contributed by atoms with van der Waals surface area (Å²) in [6.07, 6.45) is 1.54. The molecular weight excluding hydrogens is 354 g/mol. The molecule has 0 heterocycles. The van der Waals surface area contributed by atoms with Gasteiger partial charge in [-0.3, -0.25) is 0 Å². The van der Waals surface area contributed by atoms with Crippen LogP contribution >= 0.6 is 0 Å². The fourth-order valence-electron chi connectivity index (χ4n) is 4.15. The van der Waals surface area contributed by atoms with Gasteiger partial charge in [0.25, 0.3) is 0 Å². The molecule has 29 heavy (non-hydrogen) atoms. The third kappa shape index (κ3) is 4.91. The Morgan fingerprint density at radius 3 is 1.72 bits per heavy atom. The topological polar surface area (TPSA) is 32.6 Å². The molecule has 1 N–H and O–H groups in total. The summed E-state index contributed by atoms with van der Waals surface area (Å²) in [6.45, 7) is 24.2. The molecule has 2 rings (SSSR count). The van der Waals surface area contributed by atoms with Crippen LogP contribution in [0.2, 0.25) is 0 Å². The average molecular weight is 396 g/mol. The molecular formula is C27H41NO. The third-order valence-corrected chi connectivity index (χ3v) is 5.89. The molecule has 0 aliphatic heterocycles. The molecule has 0 bridgehead atoms. The third-order valence-electron chi connectivity index (χ3n) is 5.89. The van der Waals surface area contributed by atoms with E-state index in [9.17, 15) is 5.11 Å². The second-order valence-electron chi connectivity index (χ2n) is 11.1. The number of allylic oxidation sites excluding steroid dienone is 2. The first-order chi connectivity index (χ1) is 13.2. The molecule has 0 radical (unpaired) electrons. The molecule has 2 nitrogen and oxygen atoms in total. The number of aliphatic hydroxyl groups is 1. The van der Waals surface area contributed by atoms with Gasteiger partial charge in [-0.25, -0.2) is 4.99 Å². The largest absolute Gasteiger partial charge is 0.382 e. The molecule has 0 fully saturated rings. The monoisotopic (exact) mass is 395 g/mol. The van der Waals surface area contributed by atoms with Crippen LogP contribution in [0.3, 0.4) is 0 Å². The predicted octanol–water partition coefficient (Wildman–Crippen LogP) is 7.72. The molecule has 0 aromatic heterocycles. The standard InChI is InChI=1S/C27H41NO/c1-16(2)19-13-12-14-20(17(3)4)24(19)28-23-18(5)21(26(6,7)8)15-22(25(23)29)27(9,10)11/h12-17,25,29H,1-11H3. The Bertz CT molecular complexity index is 825. The van der Waals surface area contributed by atoms with Crippen LogP contribution < -0.4 is 0 Å². The van der Waals surface area contributed by atoms with E-state index < -0.39 is 6.10 Å². The summed E-state index contributed by atoms with van der Waals surface area (Å²) in [6, 6.07) is 6.49. The van der Waals surface area contributed by atoms with Crippen LogP contribution in [0.5, 0.6) is 0 Å². The first-order valence-corrected chi connectivity index (χ1v) is 11.0. The van der Waals surface area contributed by atoms with Crippen molar-refractivity contribution in [1.82, 2.24) is 0 Å². The lowest BCUT2D eigenvalue weighted by atomic mass is 9.71. The van der Waals surface area contributed by atoms with Crippen molar-refractivity contribution >= 4 is 11.4 Å². The van der Waals surface area contributed by atoms with Gasteiger partial charge in [0.2, 0.25) is 0 Å². The number of aliphatic hydroxyl groups excluding tert-OH is 1.